The Morgan fingerprint density at radius 1 is 0.974 bits per heavy atom. The van der Waals surface area contributed by atoms with Gasteiger partial charge in [-0.1, -0.05) is 74.8 Å². The molecule has 1 aliphatic rings. The predicted molar refractivity (Wildman–Crippen MR) is 150 cm³/mol. The number of hydrazone groups is 1. The fourth-order valence-corrected chi connectivity index (χ4v) is 4.43. The zero-order valence-corrected chi connectivity index (χ0v) is 21.9. The Morgan fingerprint density at radius 3 is 2.34 bits per heavy atom. The highest BCUT2D eigenvalue weighted by atomic mass is 35.5. The molecule has 1 amide bonds. The lowest BCUT2D eigenvalue weighted by atomic mass is 9.87. The van der Waals surface area contributed by atoms with E-state index in [0.29, 0.717) is 39.1 Å². The van der Waals surface area contributed by atoms with Crippen molar-refractivity contribution in [3.8, 4) is 11.3 Å². The number of benzene rings is 3. The SMILES string of the molecule is CC(C)(C)c1ccc(N2N=C(c3ccccc3)/C(=C/c3ccc(-c4cc(Cl)ccc4C(=O)O)o3)C2=O)cc1. The number of carbonyl (C=O) groups is 2. The van der Waals surface area contributed by atoms with Crippen LogP contribution >= 0.6 is 11.6 Å². The van der Waals surface area contributed by atoms with Crippen molar-refractivity contribution in [1.29, 1.82) is 0 Å². The van der Waals surface area contributed by atoms with E-state index in [9.17, 15) is 14.7 Å². The molecule has 4 aromatic rings. The van der Waals surface area contributed by atoms with Crippen molar-refractivity contribution in [2.24, 2.45) is 5.10 Å². The Balaban J connectivity index is 1.55. The van der Waals surface area contributed by atoms with Crippen LogP contribution in [0.5, 0.6) is 0 Å². The van der Waals surface area contributed by atoms with Gasteiger partial charge >= 0.3 is 5.97 Å². The first-order valence-corrected chi connectivity index (χ1v) is 12.4. The first-order chi connectivity index (χ1) is 18.1. The third kappa shape index (κ3) is 4.91. The fourth-order valence-electron chi connectivity index (χ4n) is 4.26. The van der Waals surface area contributed by atoms with Crippen LogP contribution in [0.1, 0.15) is 48.0 Å². The molecule has 0 unspecified atom stereocenters. The summed E-state index contributed by atoms with van der Waals surface area (Å²) in [6.07, 6.45) is 1.63. The zero-order valence-electron chi connectivity index (χ0n) is 21.1. The van der Waals surface area contributed by atoms with Gasteiger partial charge in [0.25, 0.3) is 5.91 Å². The fraction of sp³-hybridized carbons (Fsp3) is 0.129. The third-order valence-electron chi connectivity index (χ3n) is 6.29. The molecule has 0 bridgehead atoms. The molecule has 0 fully saturated rings. The number of amides is 1. The van der Waals surface area contributed by atoms with E-state index in [1.807, 2.05) is 54.6 Å². The number of hydrogen-bond donors (Lipinski definition) is 1. The molecule has 5 rings (SSSR count). The van der Waals surface area contributed by atoms with Crippen LogP contribution < -0.4 is 5.01 Å². The molecule has 1 aliphatic heterocycles. The van der Waals surface area contributed by atoms with E-state index >= 15 is 0 Å². The third-order valence-corrected chi connectivity index (χ3v) is 6.53. The normalized spacial score (nSPS) is 14.7. The van der Waals surface area contributed by atoms with Gasteiger partial charge in [-0.3, -0.25) is 4.79 Å². The number of anilines is 1. The van der Waals surface area contributed by atoms with Gasteiger partial charge in [0, 0.05) is 16.1 Å². The van der Waals surface area contributed by atoms with Gasteiger partial charge in [-0.05, 0) is 59.5 Å². The maximum Gasteiger partial charge on any atom is 0.336 e. The lowest BCUT2D eigenvalue weighted by Gasteiger charge is -2.20. The van der Waals surface area contributed by atoms with E-state index in [1.54, 1.807) is 24.3 Å². The Labute approximate surface area is 225 Å². The molecule has 0 spiro atoms. The van der Waals surface area contributed by atoms with Crippen LogP contribution in [0.2, 0.25) is 5.02 Å². The lowest BCUT2D eigenvalue weighted by molar-refractivity contribution is -0.114. The molecule has 0 aliphatic carbocycles. The van der Waals surface area contributed by atoms with Crippen LogP contribution in [0.3, 0.4) is 0 Å². The van der Waals surface area contributed by atoms with Crippen molar-refractivity contribution in [3.05, 3.63) is 118 Å². The zero-order chi connectivity index (χ0) is 27.0. The van der Waals surface area contributed by atoms with Crippen molar-refractivity contribution < 1.29 is 19.1 Å². The maximum absolute atomic E-state index is 13.6. The quantitative estimate of drug-likeness (QED) is 0.275. The van der Waals surface area contributed by atoms with Crippen LogP contribution in [-0.4, -0.2) is 22.7 Å². The highest BCUT2D eigenvalue weighted by Gasteiger charge is 2.32. The molecule has 7 heteroatoms. The van der Waals surface area contributed by atoms with Crippen LogP contribution in [-0.2, 0) is 10.2 Å². The molecule has 0 radical (unpaired) electrons. The number of carbonyl (C=O) groups excluding carboxylic acids is 1. The Hall–Kier alpha value is -4.42. The maximum atomic E-state index is 13.6. The summed E-state index contributed by atoms with van der Waals surface area (Å²) in [6, 6.07) is 25.1. The summed E-state index contributed by atoms with van der Waals surface area (Å²) in [5.74, 6) is -0.673. The number of nitrogens with zero attached hydrogens (tertiary/aromatic N) is 2. The number of carboxylic acids is 1. The smallest absolute Gasteiger partial charge is 0.336 e. The molecule has 3 aromatic carbocycles. The molecule has 1 N–H and O–H groups in total. The number of hydrogen-bond acceptors (Lipinski definition) is 4. The van der Waals surface area contributed by atoms with Gasteiger partial charge in [-0.15, -0.1) is 0 Å². The average Bonchev–Trinajstić information content (AvgIpc) is 3.49. The number of furan rings is 1. The molecule has 1 aromatic heterocycles. The van der Waals surface area contributed by atoms with Crippen LogP contribution in [0.4, 0.5) is 5.69 Å². The van der Waals surface area contributed by atoms with Crippen LogP contribution in [0.25, 0.3) is 17.4 Å². The van der Waals surface area contributed by atoms with Crippen molar-refractivity contribution in [2.45, 2.75) is 26.2 Å². The van der Waals surface area contributed by atoms with Gasteiger partial charge in [0.1, 0.15) is 17.2 Å². The summed E-state index contributed by atoms with van der Waals surface area (Å²) in [5.41, 5.74) is 3.88. The second-order valence-corrected chi connectivity index (χ2v) is 10.4. The summed E-state index contributed by atoms with van der Waals surface area (Å²) in [5, 5.41) is 16.1. The van der Waals surface area contributed by atoms with Gasteiger partial charge in [0.05, 0.1) is 16.8 Å². The molecular formula is C31H25ClN2O4. The topological polar surface area (TPSA) is 83.1 Å². The molecule has 6 nitrogen and oxygen atoms in total. The molecule has 38 heavy (non-hydrogen) atoms. The minimum atomic E-state index is -1.09. The summed E-state index contributed by atoms with van der Waals surface area (Å²) in [4.78, 5) is 25.4. The van der Waals surface area contributed by atoms with Gasteiger partial charge < -0.3 is 9.52 Å². The first kappa shape index (κ1) is 25.2. The van der Waals surface area contributed by atoms with E-state index in [4.69, 9.17) is 16.0 Å². The number of aromatic carboxylic acids is 1. The highest BCUT2D eigenvalue weighted by molar-refractivity contribution is 6.37. The van der Waals surface area contributed by atoms with Crippen molar-refractivity contribution in [2.75, 3.05) is 5.01 Å². The minimum Gasteiger partial charge on any atom is -0.478 e. The van der Waals surface area contributed by atoms with Crippen LogP contribution in [0.15, 0.2) is 100 Å². The lowest BCUT2D eigenvalue weighted by Crippen LogP contribution is -2.21. The van der Waals surface area contributed by atoms with Crippen LogP contribution in [0, 0.1) is 0 Å². The summed E-state index contributed by atoms with van der Waals surface area (Å²) in [7, 11) is 0. The summed E-state index contributed by atoms with van der Waals surface area (Å²) < 4.78 is 5.98. The van der Waals surface area contributed by atoms with Gasteiger partial charge in [-0.25, -0.2) is 4.79 Å². The first-order valence-electron chi connectivity index (χ1n) is 12.1. The van der Waals surface area contributed by atoms with Crippen molar-refractivity contribution in [1.82, 2.24) is 0 Å². The van der Waals surface area contributed by atoms with Gasteiger partial charge in [0.15, 0.2) is 0 Å². The second-order valence-electron chi connectivity index (χ2n) is 9.98. The molecular weight excluding hydrogens is 500 g/mol. The predicted octanol–water partition coefficient (Wildman–Crippen LogP) is 7.43. The van der Waals surface area contributed by atoms with E-state index in [-0.39, 0.29) is 16.9 Å². The van der Waals surface area contributed by atoms with Crippen molar-refractivity contribution in [3.63, 3.8) is 0 Å². The molecule has 0 saturated carbocycles. The Bertz CT molecular complexity index is 1590. The Morgan fingerprint density at radius 2 is 1.68 bits per heavy atom. The second kappa shape index (κ2) is 9.80. The summed E-state index contributed by atoms with van der Waals surface area (Å²) in [6.45, 7) is 6.40. The minimum absolute atomic E-state index is 0.0163. The molecule has 0 atom stereocenters. The monoisotopic (exact) mass is 524 g/mol. The number of halogens is 1. The Kier molecular flexibility index (Phi) is 6.51. The molecule has 0 saturated heterocycles. The van der Waals surface area contributed by atoms with Crippen molar-refractivity contribution >= 4 is 41.0 Å². The number of rotatable bonds is 5. The van der Waals surface area contributed by atoms with Gasteiger partial charge in [0.2, 0.25) is 0 Å². The number of carboxylic acid groups (broad SMARTS) is 1. The molecule has 2 heterocycles. The van der Waals surface area contributed by atoms with Gasteiger partial charge in [-0.2, -0.15) is 10.1 Å². The van der Waals surface area contributed by atoms with E-state index in [2.05, 4.69) is 25.9 Å². The largest absolute Gasteiger partial charge is 0.478 e. The van der Waals surface area contributed by atoms with E-state index in [0.717, 1.165) is 11.1 Å². The summed E-state index contributed by atoms with van der Waals surface area (Å²) >= 11 is 6.12. The van der Waals surface area contributed by atoms with E-state index < -0.39 is 5.97 Å². The van der Waals surface area contributed by atoms with E-state index in [1.165, 1.54) is 17.1 Å². The highest BCUT2D eigenvalue weighted by Crippen LogP contribution is 2.33. The standard InChI is InChI=1S/C31H25ClN2O4/c1-31(2,3)20-9-12-22(13-10-20)34-29(35)26(28(33-34)19-7-5-4-6-8-19)18-23-14-16-27(38-23)25-17-21(32)11-15-24(25)30(36)37/h4-18H,1-3H3,(H,36,37)/b26-18-. The average molecular weight is 525 g/mol. The molecule has 190 valence electrons.